The van der Waals surface area contributed by atoms with Crippen LogP contribution in [0.25, 0.3) is 0 Å². The van der Waals surface area contributed by atoms with Gasteiger partial charge in [0.2, 0.25) is 5.91 Å². The van der Waals surface area contributed by atoms with Crippen LogP contribution in [0.2, 0.25) is 0 Å². The largest absolute Gasteiger partial charge is 0.467 e. The third-order valence-corrected chi connectivity index (χ3v) is 7.11. The first-order chi connectivity index (χ1) is 17.4. The van der Waals surface area contributed by atoms with E-state index in [0.29, 0.717) is 25.0 Å². The summed E-state index contributed by atoms with van der Waals surface area (Å²) in [6, 6.07) is 8.88. The average molecular weight is 500 g/mol. The number of esters is 1. The van der Waals surface area contributed by atoms with Gasteiger partial charge in [0.25, 0.3) is 0 Å². The van der Waals surface area contributed by atoms with Crippen molar-refractivity contribution in [3.8, 4) is 0 Å². The Balaban J connectivity index is 1.66. The van der Waals surface area contributed by atoms with Gasteiger partial charge in [-0.15, -0.1) is 0 Å². The van der Waals surface area contributed by atoms with Crippen molar-refractivity contribution in [3.05, 3.63) is 48.0 Å². The van der Waals surface area contributed by atoms with Crippen molar-refractivity contribution in [3.63, 3.8) is 0 Å². The lowest BCUT2D eigenvalue weighted by atomic mass is 9.89. The number of nitrogens with one attached hydrogen (secondary N) is 1. The fourth-order valence-corrected chi connectivity index (χ4v) is 4.97. The second-order valence-corrected chi connectivity index (χ2v) is 10.0. The molecule has 1 aliphatic carbocycles. The summed E-state index contributed by atoms with van der Waals surface area (Å²) < 4.78 is 4.86. The normalized spacial score (nSPS) is 19.4. The molecule has 2 N–H and O–H groups in total. The first-order valence-electron chi connectivity index (χ1n) is 13.7. The number of Topliss-reactive ketones (excluding diaryl/α,β-unsaturated/α-hetero) is 1. The summed E-state index contributed by atoms with van der Waals surface area (Å²) in [5, 5.41) is 13.0. The Morgan fingerprint density at radius 1 is 1.11 bits per heavy atom. The lowest BCUT2D eigenvalue weighted by Crippen LogP contribution is -2.43. The van der Waals surface area contributed by atoms with Crippen molar-refractivity contribution in [1.29, 1.82) is 0 Å². The van der Waals surface area contributed by atoms with Crippen LogP contribution in [0.1, 0.15) is 89.5 Å². The Hall–Kier alpha value is -2.47. The van der Waals surface area contributed by atoms with Gasteiger partial charge in [-0.1, -0.05) is 87.9 Å². The van der Waals surface area contributed by atoms with Crippen molar-refractivity contribution in [2.45, 2.75) is 103 Å². The number of unbranched alkanes of at least 4 members (excludes halogenated alkanes) is 5. The zero-order valence-electron chi connectivity index (χ0n) is 22.1. The standard InChI is InChI=1S/C30H45NO5/c1-3-4-8-15-25(32)20-18-24-19-21-28(33)26(24)16-11-5-6-12-17-29(34)31-27(30(35)36-2)22-23-13-9-7-10-14-23/h7,9-10,13-14,18,20,24-27,32H,3-6,8,11-12,15-17,19,21-22H2,1-2H3,(H,31,34)/t24-,25-,26+,27?/m0/s1. The summed E-state index contributed by atoms with van der Waals surface area (Å²) in [6.45, 7) is 2.15. The van der Waals surface area contributed by atoms with Gasteiger partial charge in [0.1, 0.15) is 11.8 Å². The van der Waals surface area contributed by atoms with E-state index < -0.39 is 18.1 Å². The number of ketones is 1. The van der Waals surface area contributed by atoms with Crippen LogP contribution in [0, 0.1) is 11.8 Å². The second-order valence-electron chi connectivity index (χ2n) is 10.0. The Kier molecular flexibility index (Phi) is 14.1. The van der Waals surface area contributed by atoms with Crippen LogP contribution in [-0.2, 0) is 25.5 Å². The Labute approximate surface area is 216 Å². The molecule has 1 saturated carbocycles. The maximum atomic E-state index is 12.4. The van der Waals surface area contributed by atoms with E-state index in [-0.39, 0.29) is 17.7 Å². The van der Waals surface area contributed by atoms with Crippen molar-refractivity contribution >= 4 is 17.7 Å². The van der Waals surface area contributed by atoms with Crippen LogP contribution < -0.4 is 5.32 Å². The highest BCUT2D eigenvalue weighted by Gasteiger charge is 2.32. The topological polar surface area (TPSA) is 92.7 Å². The average Bonchev–Trinajstić information content (AvgIpc) is 3.23. The molecule has 1 aromatic rings. The summed E-state index contributed by atoms with van der Waals surface area (Å²) >= 11 is 0. The van der Waals surface area contributed by atoms with Crippen LogP contribution in [-0.4, -0.2) is 42.0 Å². The molecule has 1 aliphatic rings. The van der Waals surface area contributed by atoms with E-state index in [4.69, 9.17) is 4.74 Å². The van der Waals surface area contributed by atoms with Crippen molar-refractivity contribution < 1.29 is 24.2 Å². The fourth-order valence-electron chi connectivity index (χ4n) is 4.97. The number of hydrogen-bond donors (Lipinski definition) is 2. The third kappa shape index (κ3) is 11.1. The van der Waals surface area contributed by atoms with Crippen molar-refractivity contribution in [1.82, 2.24) is 5.32 Å². The van der Waals surface area contributed by atoms with Gasteiger partial charge in [-0.3, -0.25) is 9.59 Å². The molecule has 0 aliphatic heterocycles. The van der Waals surface area contributed by atoms with Crippen LogP contribution in [0.15, 0.2) is 42.5 Å². The lowest BCUT2D eigenvalue weighted by Gasteiger charge is -2.17. The summed E-state index contributed by atoms with van der Waals surface area (Å²) in [7, 11) is 1.33. The minimum atomic E-state index is -0.687. The van der Waals surface area contributed by atoms with Crippen molar-refractivity contribution in [2.24, 2.45) is 11.8 Å². The van der Waals surface area contributed by atoms with E-state index in [0.717, 1.165) is 69.8 Å². The first kappa shape index (κ1) is 29.8. The molecule has 0 saturated heterocycles. The molecular formula is C30H45NO5. The monoisotopic (exact) mass is 499 g/mol. The molecule has 1 fully saturated rings. The first-order valence-corrected chi connectivity index (χ1v) is 13.7. The summed E-state index contributed by atoms with van der Waals surface area (Å²) in [5.41, 5.74) is 0.966. The second kappa shape index (κ2) is 17.1. The number of methoxy groups -OCH3 is 1. The molecule has 36 heavy (non-hydrogen) atoms. The zero-order valence-corrected chi connectivity index (χ0v) is 22.1. The predicted molar refractivity (Wildman–Crippen MR) is 142 cm³/mol. The van der Waals surface area contributed by atoms with Gasteiger partial charge in [-0.05, 0) is 37.2 Å². The summed E-state index contributed by atoms with van der Waals surface area (Å²) in [5.74, 6) is 0.0624. The van der Waals surface area contributed by atoms with Crippen molar-refractivity contribution in [2.75, 3.05) is 7.11 Å². The Morgan fingerprint density at radius 2 is 1.86 bits per heavy atom. The molecule has 4 atom stereocenters. The highest BCUT2D eigenvalue weighted by molar-refractivity contribution is 5.84. The molecular weight excluding hydrogens is 454 g/mol. The maximum Gasteiger partial charge on any atom is 0.328 e. The quantitative estimate of drug-likeness (QED) is 0.172. The number of amides is 1. The van der Waals surface area contributed by atoms with Crippen LogP contribution in [0.5, 0.6) is 0 Å². The molecule has 1 amide bonds. The molecule has 2 rings (SSSR count). The van der Waals surface area contributed by atoms with Crippen LogP contribution in [0.3, 0.4) is 0 Å². The zero-order chi connectivity index (χ0) is 26.2. The molecule has 0 spiro atoms. The fraction of sp³-hybridized carbons (Fsp3) is 0.633. The molecule has 6 heteroatoms. The number of benzene rings is 1. The number of carbonyl (C=O) groups excluding carboxylic acids is 3. The molecule has 200 valence electrons. The summed E-state index contributed by atoms with van der Waals surface area (Å²) in [4.78, 5) is 36.9. The van der Waals surface area contributed by atoms with Crippen LogP contribution in [0.4, 0.5) is 0 Å². The SMILES string of the molecule is CCCCC[C@H](O)C=C[C@H]1CCC(=O)[C@@H]1CCCCCCC(=O)NC(Cc1ccccc1)C(=O)OC. The van der Waals surface area contributed by atoms with E-state index in [1.165, 1.54) is 7.11 Å². The van der Waals surface area contributed by atoms with E-state index in [1.54, 1.807) is 0 Å². The molecule has 1 aromatic carbocycles. The Morgan fingerprint density at radius 3 is 2.58 bits per heavy atom. The van der Waals surface area contributed by atoms with Gasteiger partial charge in [-0.2, -0.15) is 0 Å². The Bertz CT molecular complexity index is 822. The van der Waals surface area contributed by atoms with Gasteiger partial charge in [0.05, 0.1) is 13.2 Å². The molecule has 0 bridgehead atoms. The van der Waals surface area contributed by atoms with Gasteiger partial charge in [0, 0.05) is 25.2 Å². The minimum absolute atomic E-state index is 0.0613. The van der Waals surface area contributed by atoms with E-state index in [9.17, 15) is 19.5 Å². The molecule has 0 heterocycles. The number of aliphatic hydroxyl groups is 1. The smallest absolute Gasteiger partial charge is 0.328 e. The number of aliphatic hydroxyl groups excluding tert-OH is 1. The third-order valence-electron chi connectivity index (χ3n) is 7.11. The molecule has 0 radical (unpaired) electrons. The number of ether oxygens (including phenoxy) is 1. The maximum absolute atomic E-state index is 12.4. The number of carbonyl (C=O) groups is 3. The van der Waals surface area contributed by atoms with Gasteiger partial charge in [-0.25, -0.2) is 4.79 Å². The molecule has 0 aromatic heterocycles. The lowest BCUT2D eigenvalue weighted by molar-refractivity contribution is -0.145. The van der Waals surface area contributed by atoms with E-state index in [1.807, 2.05) is 36.4 Å². The number of allylic oxidation sites excluding steroid dienone is 1. The van der Waals surface area contributed by atoms with Gasteiger partial charge in [0.15, 0.2) is 0 Å². The van der Waals surface area contributed by atoms with E-state index >= 15 is 0 Å². The van der Waals surface area contributed by atoms with Gasteiger partial charge < -0.3 is 15.2 Å². The highest BCUT2D eigenvalue weighted by atomic mass is 16.5. The highest BCUT2D eigenvalue weighted by Crippen LogP contribution is 2.34. The number of hydrogen-bond acceptors (Lipinski definition) is 5. The van der Waals surface area contributed by atoms with Crippen LogP contribution >= 0.6 is 0 Å². The van der Waals surface area contributed by atoms with Gasteiger partial charge >= 0.3 is 5.97 Å². The molecule has 1 unspecified atom stereocenters. The summed E-state index contributed by atoms with van der Waals surface area (Å²) in [6.07, 6.45) is 14.4. The minimum Gasteiger partial charge on any atom is -0.467 e. The number of rotatable bonds is 17. The predicted octanol–water partition coefficient (Wildman–Crippen LogP) is 5.32. The van der Waals surface area contributed by atoms with E-state index in [2.05, 4.69) is 18.3 Å². The molecule has 6 nitrogen and oxygen atoms in total.